The first kappa shape index (κ1) is 19.1. The van der Waals surface area contributed by atoms with E-state index in [1.54, 1.807) is 31.3 Å². The van der Waals surface area contributed by atoms with Crippen LogP contribution >= 0.6 is 11.6 Å². The van der Waals surface area contributed by atoms with Crippen molar-refractivity contribution < 1.29 is 18.3 Å². The lowest BCUT2D eigenvalue weighted by atomic mass is 9.98. The van der Waals surface area contributed by atoms with Crippen molar-refractivity contribution in [2.24, 2.45) is 0 Å². The molecule has 0 amide bonds. The summed E-state index contributed by atoms with van der Waals surface area (Å²) in [7, 11) is 0. The van der Waals surface area contributed by atoms with E-state index in [1.807, 2.05) is 0 Å². The Morgan fingerprint density at radius 3 is 2.83 bits per heavy atom. The van der Waals surface area contributed by atoms with Crippen LogP contribution in [-0.4, -0.2) is 15.8 Å². The zero-order valence-corrected chi connectivity index (χ0v) is 16.1. The molecule has 0 unspecified atom stereocenters. The Labute approximate surface area is 170 Å². The van der Waals surface area contributed by atoms with Crippen molar-refractivity contribution in [3.05, 3.63) is 93.8 Å². The van der Waals surface area contributed by atoms with Crippen molar-refractivity contribution in [1.82, 2.24) is 9.97 Å². The third kappa shape index (κ3) is 3.59. The number of halogens is 3. The van der Waals surface area contributed by atoms with Crippen molar-refractivity contribution in [2.75, 3.05) is 0 Å². The number of hydrogen-bond acceptors (Lipinski definition) is 3. The maximum Gasteiger partial charge on any atom is 0.198 e. The fourth-order valence-corrected chi connectivity index (χ4v) is 3.28. The van der Waals surface area contributed by atoms with Crippen LogP contribution in [0.1, 0.15) is 27.0 Å². The van der Waals surface area contributed by atoms with Crippen molar-refractivity contribution >= 4 is 28.4 Å². The molecule has 0 saturated carbocycles. The van der Waals surface area contributed by atoms with Gasteiger partial charge in [0.15, 0.2) is 17.3 Å². The number of carbonyl (C=O) groups is 1. The lowest BCUT2D eigenvalue weighted by Gasteiger charge is -2.12. The van der Waals surface area contributed by atoms with E-state index in [9.17, 15) is 9.18 Å². The summed E-state index contributed by atoms with van der Waals surface area (Å²) in [5, 5.41) is 0.861. The smallest absolute Gasteiger partial charge is 0.198 e. The molecule has 0 fully saturated rings. The third-order valence-electron chi connectivity index (χ3n) is 4.64. The van der Waals surface area contributed by atoms with Gasteiger partial charge in [0.2, 0.25) is 0 Å². The van der Waals surface area contributed by atoms with Gasteiger partial charge in [-0.2, -0.15) is 0 Å². The van der Waals surface area contributed by atoms with Crippen molar-refractivity contribution in [1.29, 1.82) is 0 Å². The number of ether oxygens (including phenoxy) is 1. The number of rotatable bonds is 5. The summed E-state index contributed by atoms with van der Waals surface area (Å²) < 4.78 is 34.6. The summed E-state index contributed by atoms with van der Waals surface area (Å²) in [4.78, 5) is 20.1. The maximum absolute atomic E-state index is 15.2. The number of fused-ring (bicyclic) bond motifs is 1. The van der Waals surface area contributed by atoms with Gasteiger partial charge in [0.1, 0.15) is 18.1 Å². The second kappa shape index (κ2) is 7.64. The number of nitrogens with one attached hydrogen (secondary N) is 1. The van der Waals surface area contributed by atoms with E-state index in [0.717, 1.165) is 6.07 Å². The minimum absolute atomic E-state index is 0.0937. The largest absolute Gasteiger partial charge is 0.486 e. The lowest BCUT2D eigenvalue weighted by molar-refractivity contribution is 0.103. The highest BCUT2D eigenvalue weighted by molar-refractivity contribution is 6.30. The van der Waals surface area contributed by atoms with E-state index < -0.39 is 17.4 Å². The molecule has 2 aromatic carbocycles. The van der Waals surface area contributed by atoms with Gasteiger partial charge in [-0.15, -0.1) is 0 Å². The van der Waals surface area contributed by atoms with Gasteiger partial charge in [-0.3, -0.25) is 4.79 Å². The predicted octanol–water partition coefficient (Wildman–Crippen LogP) is 5.61. The first-order chi connectivity index (χ1) is 14.0. The molecule has 0 aliphatic heterocycles. The number of carbonyl (C=O) groups excluding carboxylic acids is 1. The summed E-state index contributed by atoms with van der Waals surface area (Å²) in [6, 6.07) is 10.6. The number of ketones is 1. The minimum atomic E-state index is -0.789. The SMILES string of the molecule is Cc1ccc(OCc2ccc(Cl)cc2F)c(F)c1C(=O)c1c[nH]c2ncccc12. The molecule has 4 rings (SSSR count). The Bertz CT molecular complexity index is 1240. The summed E-state index contributed by atoms with van der Waals surface area (Å²) in [6.07, 6.45) is 3.11. The van der Waals surface area contributed by atoms with Crippen LogP contribution in [0.15, 0.2) is 54.9 Å². The van der Waals surface area contributed by atoms with Crippen LogP contribution in [0.5, 0.6) is 5.75 Å². The zero-order chi connectivity index (χ0) is 20.5. The van der Waals surface area contributed by atoms with Gasteiger partial charge in [-0.05, 0) is 42.8 Å². The molecule has 29 heavy (non-hydrogen) atoms. The average Bonchev–Trinajstić information content (AvgIpc) is 3.13. The Kier molecular flexibility index (Phi) is 5.03. The second-order valence-electron chi connectivity index (χ2n) is 6.53. The molecule has 4 aromatic rings. The van der Waals surface area contributed by atoms with E-state index in [4.69, 9.17) is 16.3 Å². The van der Waals surface area contributed by atoms with Crippen molar-refractivity contribution in [3.63, 3.8) is 0 Å². The number of benzene rings is 2. The van der Waals surface area contributed by atoms with Crippen LogP contribution in [0.3, 0.4) is 0 Å². The Hall–Kier alpha value is -3.25. The highest BCUT2D eigenvalue weighted by Crippen LogP contribution is 2.29. The fraction of sp³-hybridized carbons (Fsp3) is 0.0909. The van der Waals surface area contributed by atoms with Crippen LogP contribution in [0.4, 0.5) is 8.78 Å². The molecule has 0 aliphatic rings. The van der Waals surface area contributed by atoms with Crippen LogP contribution < -0.4 is 4.74 Å². The molecule has 146 valence electrons. The Balaban J connectivity index is 1.67. The fourth-order valence-electron chi connectivity index (χ4n) is 3.12. The van der Waals surface area contributed by atoms with E-state index in [2.05, 4.69) is 9.97 Å². The number of pyridine rings is 1. The van der Waals surface area contributed by atoms with Gasteiger partial charge in [0.25, 0.3) is 0 Å². The molecule has 7 heteroatoms. The summed E-state index contributed by atoms with van der Waals surface area (Å²) >= 11 is 5.74. The minimum Gasteiger partial charge on any atom is -0.486 e. The van der Waals surface area contributed by atoms with Crippen LogP contribution in [0.25, 0.3) is 11.0 Å². The molecule has 0 aliphatic carbocycles. The number of aryl methyl sites for hydroxylation is 1. The van der Waals surface area contributed by atoms with Crippen molar-refractivity contribution in [2.45, 2.75) is 13.5 Å². The predicted molar refractivity (Wildman–Crippen MR) is 106 cm³/mol. The van der Waals surface area contributed by atoms with E-state index in [0.29, 0.717) is 22.2 Å². The number of H-pyrrole nitrogens is 1. The molecular weight excluding hydrogens is 398 g/mol. The second-order valence-corrected chi connectivity index (χ2v) is 6.96. The normalized spacial score (nSPS) is 11.0. The van der Waals surface area contributed by atoms with Gasteiger partial charge in [-0.25, -0.2) is 13.8 Å². The third-order valence-corrected chi connectivity index (χ3v) is 4.87. The van der Waals surface area contributed by atoms with Gasteiger partial charge in [0.05, 0.1) is 5.56 Å². The molecule has 0 bridgehead atoms. The highest BCUT2D eigenvalue weighted by atomic mass is 35.5. The van der Waals surface area contributed by atoms with Gasteiger partial charge >= 0.3 is 0 Å². The molecule has 0 radical (unpaired) electrons. The number of hydrogen-bond donors (Lipinski definition) is 1. The number of aromatic amines is 1. The first-order valence-electron chi connectivity index (χ1n) is 8.78. The zero-order valence-electron chi connectivity index (χ0n) is 15.3. The average molecular weight is 413 g/mol. The standard InChI is InChI=1S/C22H15ClF2N2O2/c1-12-4-7-18(29-11-13-5-6-14(23)9-17(13)24)20(25)19(12)21(28)16-10-27-22-15(16)3-2-8-26-22/h2-10H,11H2,1H3,(H,26,27). The van der Waals surface area contributed by atoms with Gasteiger partial charge in [0, 0.05) is 33.9 Å². The maximum atomic E-state index is 15.2. The monoisotopic (exact) mass is 412 g/mol. The Morgan fingerprint density at radius 2 is 2.03 bits per heavy atom. The van der Waals surface area contributed by atoms with Crippen molar-refractivity contribution in [3.8, 4) is 5.75 Å². The molecule has 0 spiro atoms. The number of aromatic nitrogens is 2. The van der Waals surface area contributed by atoms with E-state index >= 15 is 4.39 Å². The topological polar surface area (TPSA) is 55.0 Å². The van der Waals surface area contributed by atoms with Gasteiger partial charge in [-0.1, -0.05) is 23.7 Å². The summed E-state index contributed by atoms with van der Waals surface area (Å²) in [6.45, 7) is 1.44. The molecule has 0 atom stereocenters. The van der Waals surface area contributed by atoms with Crippen LogP contribution in [0, 0.1) is 18.6 Å². The van der Waals surface area contributed by atoms with E-state index in [-0.39, 0.29) is 28.5 Å². The highest BCUT2D eigenvalue weighted by Gasteiger charge is 2.23. The molecule has 4 nitrogen and oxygen atoms in total. The molecule has 2 heterocycles. The van der Waals surface area contributed by atoms with Crippen LogP contribution in [-0.2, 0) is 6.61 Å². The molecule has 1 N–H and O–H groups in total. The molecule has 2 aromatic heterocycles. The summed E-state index contributed by atoms with van der Waals surface area (Å²) in [5.41, 5.74) is 1.46. The van der Waals surface area contributed by atoms with E-state index in [1.165, 1.54) is 24.4 Å². The molecular formula is C22H15ClF2N2O2. The van der Waals surface area contributed by atoms with Gasteiger partial charge < -0.3 is 9.72 Å². The first-order valence-corrected chi connectivity index (χ1v) is 9.16. The van der Waals surface area contributed by atoms with Crippen LogP contribution in [0.2, 0.25) is 5.02 Å². The molecule has 0 saturated heterocycles. The number of nitrogens with zero attached hydrogens (tertiary/aromatic N) is 1. The Morgan fingerprint density at radius 1 is 1.21 bits per heavy atom. The summed E-state index contributed by atoms with van der Waals surface area (Å²) in [5.74, 6) is -1.95. The lowest BCUT2D eigenvalue weighted by Crippen LogP contribution is -2.09. The quantitative estimate of drug-likeness (QED) is 0.433.